The number of carbonyl (C=O) groups excluding carboxylic acids is 1. The topological polar surface area (TPSA) is 81.5 Å². The van der Waals surface area contributed by atoms with E-state index in [0.717, 1.165) is 13.2 Å². The smallest absolute Gasteiger partial charge is 0.340 e. The maximum atomic E-state index is 13.3. The third kappa shape index (κ3) is 2.08. The second-order valence-electron chi connectivity index (χ2n) is 2.85. The van der Waals surface area contributed by atoms with Crippen LogP contribution in [0.15, 0.2) is 12.1 Å². The second kappa shape index (κ2) is 4.56. The summed E-state index contributed by atoms with van der Waals surface area (Å²) in [5, 5.41) is 13.1. The Morgan fingerprint density at radius 2 is 2.19 bits per heavy atom. The number of esters is 1. The lowest BCUT2D eigenvalue weighted by Crippen LogP contribution is -2.07. The van der Waals surface area contributed by atoms with Crippen molar-refractivity contribution in [3.8, 4) is 0 Å². The van der Waals surface area contributed by atoms with Gasteiger partial charge in [-0.15, -0.1) is 0 Å². The summed E-state index contributed by atoms with van der Waals surface area (Å²) < 4.78 is 17.7. The van der Waals surface area contributed by atoms with Gasteiger partial charge in [0.25, 0.3) is 5.69 Å². The number of rotatable bonds is 3. The zero-order chi connectivity index (χ0) is 12.3. The van der Waals surface area contributed by atoms with Crippen LogP contribution in [0.25, 0.3) is 0 Å². The number of methoxy groups -OCH3 is 1. The first-order valence-electron chi connectivity index (χ1n) is 4.25. The highest BCUT2D eigenvalue weighted by Crippen LogP contribution is 2.27. The van der Waals surface area contributed by atoms with Crippen LogP contribution in [0.3, 0.4) is 0 Å². The molecule has 86 valence electrons. The molecule has 0 bridgehead atoms. The number of nitro benzene ring substituents is 1. The number of ether oxygens (including phenoxy) is 1. The lowest BCUT2D eigenvalue weighted by atomic mass is 10.1. The summed E-state index contributed by atoms with van der Waals surface area (Å²) in [6.45, 7) is 0. The van der Waals surface area contributed by atoms with Gasteiger partial charge in [-0.3, -0.25) is 10.1 Å². The lowest BCUT2D eigenvalue weighted by molar-refractivity contribution is -0.384. The molecular weight excluding hydrogens is 219 g/mol. The van der Waals surface area contributed by atoms with Crippen LogP contribution >= 0.6 is 0 Å². The number of carbonyl (C=O) groups is 1. The number of anilines is 1. The van der Waals surface area contributed by atoms with Gasteiger partial charge >= 0.3 is 5.97 Å². The molecule has 0 saturated heterocycles. The highest BCUT2D eigenvalue weighted by Gasteiger charge is 2.21. The van der Waals surface area contributed by atoms with E-state index in [4.69, 9.17) is 0 Å². The van der Waals surface area contributed by atoms with Crippen molar-refractivity contribution in [3.63, 3.8) is 0 Å². The highest BCUT2D eigenvalue weighted by atomic mass is 19.1. The Labute approximate surface area is 90.2 Å². The maximum absolute atomic E-state index is 13.3. The molecule has 1 aromatic rings. The molecule has 16 heavy (non-hydrogen) atoms. The first-order valence-corrected chi connectivity index (χ1v) is 4.25. The fraction of sp³-hybridized carbons (Fsp3) is 0.222. The van der Waals surface area contributed by atoms with E-state index < -0.39 is 22.4 Å². The Bertz CT molecular complexity index is 447. The molecular formula is C9H9FN2O4. The van der Waals surface area contributed by atoms with Crippen LogP contribution in [0.2, 0.25) is 0 Å². The van der Waals surface area contributed by atoms with Gasteiger partial charge in [-0.25, -0.2) is 9.18 Å². The molecule has 1 N–H and O–H groups in total. The fourth-order valence-electron chi connectivity index (χ4n) is 1.18. The summed E-state index contributed by atoms with van der Waals surface area (Å²) in [4.78, 5) is 20.9. The van der Waals surface area contributed by atoms with Crippen LogP contribution in [0.1, 0.15) is 10.4 Å². The standard InChI is InChI=1S/C9H9FN2O4/c1-11-7-3-5(9(13)16-2)6(10)4-8(7)12(14)15/h3-4,11H,1-2H3. The molecule has 0 atom stereocenters. The minimum absolute atomic E-state index is 0.0480. The van der Waals surface area contributed by atoms with E-state index in [9.17, 15) is 19.3 Å². The zero-order valence-electron chi connectivity index (χ0n) is 8.61. The van der Waals surface area contributed by atoms with Crippen molar-refractivity contribution in [2.45, 2.75) is 0 Å². The molecule has 1 aromatic carbocycles. The monoisotopic (exact) mass is 228 g/mol. The number of nitrogens with zero attached hydrogens (tertiary/aromatic N) is 1. The van der Waals surface area contributed by atoms with Crippen molar-refractivity contribution in [1.82, 2.24) is 0 Å². The van der Waals surface area contributed by atoms with Gasteiger partial charge in [-0.1, -0.05) is 0 Å². The summed E-state index contributed by atoms with van der Waals surface area (Å²) in [7, 11) is 2.53. The predicted octanol–water partition coefficient (Wildman–Crippen LogP) is 1.56. The van der Waals surface area contributed by atoms with Crippen LogP contribution in [0.4, 0.5) is 15.8 Å². The van der Waals surface area contributed by atoms with Gasteiger partial charge in [0.2, 0.25) is 0 Å². The molecule has 0 amide bonds. The molecule has 0 heterocycles. The highest BCUT2D eigenvalue weighted by molar-refractivity contribution is 5.91. The van der Waals surface area contributed by atoms with E-state index in [1.54, 1.807) is 0 Å². The Hall–Kier alpha value is -2.18. The number of nitrogens with one attached hydrogen (secondary N) is 1. The molecule has 0 aliphatic heterocycles. The predicted molar refractivity (Wildman–Crippen MR) is 53.9 cm³/mol. The molecule has 0 fully saturated rings. The van der Waals surface area contributed by atoms with Gasteiger partial charge in [0.1, 0.15) is 11.5 Å². The van der Waals surface area contributed by atoms with E-state index >= 15 is 0 Å². The van der Waals surface area contributed by atoms with Crippen molar-refractivity contribution in [2.24, 2.45) is 0 Å². The maximum Gasteiger partial charge on any atom is 0.340 e. The molecule has 6 nitrogen and oxygen atoms in total. The lowest BCUT2D eigenvalue weighted by Gasteiger charge is -2.05. The average Bonchev–Trinajstić information content (AvgIpc) is 2.27. The molecule has 0 radical (unpaired) electrons. The van der Waals surface area contributed by atoms with Crippen LogP contribution in [0.5, 0.6) is 0 Å². The van der Waals surface area contributed by atoms with E-state index in [1.165, 1.54) is 7.05 Å². The molecule has 1 rings (SSSR count). The summed E-state index contributed by atoms with van der Waals surface area (Å²) >= 11 is 0. The Kier molecular flexibility index (Phi) is 3.39. The van der Waals surface area contributed by atoms with Gasteiger partial charge < -0.3 is 10.1 Å². The van der Waals surface area contributed by atoms with Crippen LogP contribution in [-0.4, -0.2) is 25.1 Å². The van der Waals surface area contributed by atoms with Crippen LogP contribution in [-0.2, 0) is 4.74 Å². The molecule has 0 aliphatic carbocycles. The van der Waals surface area contributed by atoms with Crippen molar-refractivity contribution < 1.29 is 18.8 Å². The average molecular weight is 228 g/mol. The summed E-state index contributed by atoms with van der Waals surface area (Å²) in [5.74, 6) is -1.87. The molecule has 0 aromatic heterocycles. The first kappa shape index (κ1) is 11.9. The van der Waals surface area contributed by atoms with Crippen molar-refractivity contribution in [1.29, 1.82) is 0 Å². The third-order valence-corrected chi connectivity index (χ3v) is 1.96. The number of hydrogen-bond donors (Lipinski definition) is 1. The zero-order valence-corrected chi connectivity index (χ0v) is 8.61. The van der Waals surface area contributed by atoms with E-state index in [2.05, 4.69) is 10.1 Å². The molecule has 0 aliphatic rings. The number of nitro groups is 1. The normalized spacial score (nSPS) is 9.69. The van der Waals surface area contributed by atoms with E-state index in [0.29, 0.717) is 6.07 Å². The van der Waals surface area contributed by atoms with E-state index in [1.807, 2.05) is 0 Å². The summed E-state index contributed by atoms with van der Waals surface area (Å²) in [6, 6.07) is 1.72. The molecule has 0 spiro atoms. The Morgan fingerprint density at radius 3 is 2.62 bits per heavy atom. The minimum atomic E-state index is -0.988. The fourth-order valence-corrected chi connectivity index (χ4v) is 1.18. The molecule has 0 unspecified atom stereocenters. The Morgan fingerprint density at radius 1 is 1.56 bits per heavy atom. The van der Waals surface area contributed by atoms with Gasteiger partial charge in [0.05, 0.1) is 23.7 Å². The van der Waals surface area contributed by atoms with Crippen LogP contribution in [0, 0.1) is 15.9 Å². The number of halogens is 1. The van der Waals surface area contributed by atoms with Gasteiger partial charge in [-0.05, 0) is 6.07 Å². The van der Waals surface area contributed by atoms with E-state index in [-0.39, 0.29) is 11.3 Å². The SMILES string of the molecule is CNc1cc(C(=O)OC)c(F)cc1[N+](=O)[O-]. The third-order valence-electron chi connectivity index (χ3n) is 1.96. The number of benzene rings is 1. The van der Waals surface area contributed by atoms with Crippen molar-refractivity contribution in [2.75, 3.05) is 19.5 Å². The van der Waals surface area contributed by atoms with Gasteiger partial charge in [0, 0.05) is 7.05 Å². The second-order valence-corrected chi connectivity index (χ2v) is 2.85. The first-order chi connectivity index (χ1) is 7.51. The quantitative estimate of drug-likeness (QED) is 0.482. The summed E-state index contributed by atoms with van der Waals surface area (Å²) in [6.07, 6.45) is 0. The summed E-state index contributed by atoms with van der Waals surface area (Å²) in [5.41, 5.74) is -0.739. The minimum Gasteiger partial charge on any atom is -0.465 e. The van der Waals surface area contributed by atoms with Crippen molar-refractivity contribution in [3.05, 3.63) is 33.6 Å². The Balaban J connectivity index is 3.37. The number of hydrogen-bond acceptors (Lipinski definition) is 5. The largest absolute Gasteiger partial charge is 0.465 e. The van der Waals surface area contributed by atoms with Gasteiger partial charge in [-0.2, -0.15) is 0 Å². The molecule has 7 heteroatoms. The van der Waals surface area contributed by atoms with Gasteiger partial charge in [0.15, 0.2) is 0 Å². The van der Waals surface area contributed by atoms with Crippen molar-refractivity contribution >= 4 is 17.3 Å². The van der Waals surface area contributed by atoms with Crippen LogP contribution < -0.4 is 5.32 Å². The molecule has 0 saturated carbocycles.